The Bertz CT molecular complexity index is 1110. The molecule has 160 valence electrons. The van der Waals surface area contributed by atoms with E-state index >= 15 is 0 Å². The summed E-state index contributed by atoms with van der Waals surface area (Å²) in [6, 6.07) is 16.8. The van der Waals surface area contributed by atoms with Gasteiger partial charge in [0, 0.05) is 23.9 Å². The summed E-state index contributed by atoms with van der Waals surface area (Å²) in [7, 11) is 0. The first-order chi connectivity index (χ1) is 15.0. The van der Waals surface area contributed by atoms with Crippen LogP contribution in [0.3, 0.4) is 0 Å². The number of aromatic amines is 1. The number of hydrogen-bond donors (Lipinski definition) is 2. The molecule has 8 heteroatoms. The van der Waals surface area contributed by atoms with Gasteiger partial charge in [0.25, 0.3) is 0 Å². The van der Waals surface area contributed by atoms with E-state index in [9.17, 15) is 0 Å². The number of tetrazole rings is 1. The minimum absolute atomic E-state index is 0.151. The Labute approximate surface area is 181 Å². The van der Waals surface area contributed by atoms with Crippen LogP contribution in [0.4, 0.5) is 0 Å². The van der Waals surface area contributed by atoms with Gasteiger partial charge in [0.15, 0.2) is 11.6 Å². The Balaban J connectivity index is 1.56. The molecule has 0 spiro atoms. The molecular weight excluding hydrogens is 388 g/mol. The standard InChI is InChI=1S/C23H28N8/c1-15(2)23-25-21(13-8-16(3)24)28-31(23)14-17-9-11-18(12-10-17)19-6-4-5-7-20(19)22-26-29-30-27-22/h4-7,9-12,15-16H,8,13-14,24H2,1-3H3,(H,26,27,29,30). The lowest BCUT2D eigenvalue weighted by atomic mass is 9.98. The number of hydrogen-bond acceptors (Lipinski definition) is 6. The number of H-pyrrole nitrogens is 1. The Morgan fingerprint density at radius 2 is 1.74 bits per heavy atom. The Morgan fingerprint density at radius 3 is 2.39 bits per heavy atom. The van der Waals surface area contributed by atoms with E-state index in [2.05, 4.69) is 64.8 Å². The summed E-state index contributed by atoms with van der Waals surface area (Å²) in [4.78, 5) is 4.76. The highest BCUT2D eigenvalue weighted by molar-refractivity contribution is 5.80. The number of nitrogens with zero attached hydrogens (tertiary/aromatic N) is 6. The second-order valence-electron chi connectivity index (χ2n) is 8.21. The van der Waals surface area contributed by atoms with Crippen LogP contribution in [-0.4, -0.2) is 41.4 Å². The summed E-state index contributed by atoms with van der Waals surface area (Å²) in [6.45, 7) is 6.99. The number of aryl methyl sites for hydroxylation is 1. The molecule has 2 heterocycles. The van der Waals surface area contributed by atoms with Crippen molar-refractivity contribution in [3.63, 3.8) is 0 Å². The van der Waals surface area contributed by atoms with Gasteiger partial charge in [-0.05, 0) is 40.5 Å². The lowest BCUT2D eigenvalue weighted by Gasteiger charge is -2.10. The molecule has 4 rings (SSSR count). The van der Waals surface area contributed by atoms with Gasteiger partial charge in [-0.2, -0.15) is 5.10 Å². The van der Waals surface area contributed by atoms with Crippen molar-refractivity contribution in [3.8, 4) is 22.5 Å². The molecule has 2 aromatic heterocycles. The molecule has 8 nitrogen and oxygen atoms in total. The van der Waals surface area contributed by atoms with Crippen molar-refractivity contribution in [3.05, 3.63) is 65.7 Å². The lowest BCUT2D eigenvalue weighted by Crippen LogP contribution is -2.15. The van der Waals surface area contributed by atoms with E-state index in [1.165, 1.54) is 5.56 Å². The van der Waals surface area contributed by atoms with Gasteiger partial charge >= 0.3 is 0 Å². The minimum atomic E-state index is 0.151. The molecule has 1 unspecified atom stereocenters. The SMILES string of the molecule is CC(N)CCc1nc(C(C)C)n(Cc2ccc(-c3ccccc3-c3nnn[nH]3)cc2)n1. The monoisotopic (exact) mass is 416 g/mol. The molecule has 31 heavy (non-hydrogen) atoms. The second-order valence-corrected chi connectivity index (χ2v) is 8.21. The maximum atomic E-state index is 5.90. The van der Waals surface area contributed by atoms with Crippen molar-refractivity contribution in [2.45, 2.75) is 52.1 Å². The number of nitrogens with two attached hydrogens (primary N) is 1. The van der Waals surface area contributed by atoms with E-state index in [4.69, 9.17) is 15.8 Å². The van der Waals surface area contributed by atoms with E-state index in [0.717, 1.165) is 41.2 Å². The molecule has 4 aromatic rings. The Morgan fingerprint density at radius 1 is 1.00 bits per heavy atom. The van der Waals surface area contributed by atoms with Crippen LogP contribution < -0.4 is 5.73 Å². The molecule has 0 aliphatic carbocycles. The second kappa shape index (κ2) is 9.18. The summed E-state index contributed by atoms with van der Waals surface area (Å²) in [6.07, 6.45) is 1.69. The smallest absolute Gasteiger partial charge is 0.180 e. The van der Waals surface area contributed by atoms with Crippen LogP contribution >= 0.6 is 0 Å². The summed E-state index contributed by atoms with van der Waals surface area (Å²) in [5.41, 5.74) is 10.2. The maximum absolute atomic E-state index is 5.90. The summed E-state index contributed by atoms with van der Waals surface area (Å²) < 4.78 is 2.02. The third kappa shape index (κ3) is 4.86. The van der Waals surface area contributed by atoms with Gasteiger partial charge in [0.05, 0.1) is 6.54 Å². The summed E-state index contributed by atoms with van der Waals surface area (Å²) >= 11 is 0. The van der Waals surface area contributed by atoms with E-state index < -0.39 is 0 Å². The highest BCUT2D eigenvalue weighted by Crippen LogP contribution is 2.29. The van der Waals surface area contributed by atoms with Gasteiger partial charge in [-0.15, -0.1) is 5.10 Å². The van der Waals surface area contributed by atoms with Gasteiger partial charge in [0.2, 0.25) is 0 Å². The van der Waals surface area contributed by atoms with Crippen LogP contribution in [-0.2, 0) is 13.0 Å². The van der Waals surface area contributed by atoms with Crippen molar-refractivity contribution in [1.29, 1.82) is 0 Å². The number of nitrogens with one attached hydrogen (secondary N) is 1. The molecular formula is C23H28N8. The molecule has 0 saturated carbocycles. The fourth-order valence-electron chi connectivity index (χ4n) is 3.59. The largest absolute Gasteiger partial charge is 0.328 e. The normalized spacial score (nSPS) is 12.4. The molecule has 0 fully saturated rings. The van der Waals surface area contributed by atoms with Gasteiger partial charge < -0.3 is 5.73 Å². The number of aromatic nitrogens is 7. The Hall–Kier alpha value is -3.39. The zero-order valence-electron chi connectivity index (χ0n) is 18.2. The highest BCUT2D eigenvalue weighted by Gasteiger charge is 2.15. The minimum Gasteiger partial charge on any atom is -0.328 e. The van der Waals surface area contributed by atoms with Crippen molar-refractivity contribution in [2.24, 2.45) is 5.73 Å². The van der Waals surface area contributed by atoms with E-state index in [1.54, 1.807) is 0 Å². The maximum Gasteiger partial charge on any atom is 0.180 e. The number of rotatable bonds is 8. The van der Waals surface area contributed by atoms with Crippen molar-refractivity contribution in [2.75, 3.05) is 0 Å². The lowest BCUT2D eigenvalue weighted by molar-refractivity contribution is 0.597. The molecule has 3 N–H and O–H groups in total. The Kier molecular flexibility index (Phi) is 6.18. The fourth-order valence-corrected chi connectivity index (χ4v) is 3.59. The summed E-state index contributed by atoms with van der Waals surface area (Å²) in [5, 5.41) is 19.0. The molecule has 0 amide bonds. The quantitative estimate of drug-likeness (QED) is 0.454. The zero-order chi connectivity index (χ0) is 21.8. The van der Waals surface area contributed by atoms with Gasteiger partial charge in [0.1, 0.15) is 5.82 Å². The van der Waals surface area contributed by atoms with E-state index in [0.29, 0.717) is 18.3 Å². The molecule has 0 aliphatic heterocycles. The first-order valence-corrected chi connectivity index (χ1v) is 10.6. The third-order valence-corrected chi connectivity index (χ3v) is 5.21. The fraction of sp³-hybridized carbons (Fsp3) is 0.348. The van der Waals surface area contributed by atoms with Crippen LogP contribution in [0.5, 0.6) is 0 Å². The van der Waals surface area contributed by atoms with Gasteiger partial charge in [-0.1, -0.05) is 62.4 Å². The topological polar surface area (TPSA) is 111 Å². The van der Waals surface area contributed by atoms with Gasteiger partial charge in [-0.3, -0.25) is 0 Å². The van der Waals surface area contributed by atoms with Crippen molar-refractivity contribution >= 4 is 0 Å². The first kappa shape index (κ1) is 20.9. The molecule has 1 atom stereocenters. The molecule has 0 aliphatic rings. The van der Waals surface area contributed by atoms with Crippen LogP contribution in [0.25, 0.3) is 22.5 Å². The predicted octanol–water partition coefficient (Wildman–Crippen LogP) is 3.58. The molecule has 0 radical (unpaired) electrons. The van der Waals surface area contributed by atoms with Crippen LogP contribution in [0.15, 0.2) is 48.5 Å². The summed E-state index contributed by atoms with van der Waals surface area (Å²) in [5.74, 6) is 2.83. The van der Waals surface area contributed by atoms with Crippen molar-refractivity contribution in [1.82, 2.24) is 35.4 Å². The van der Waals surface area contributed by atoms with Crippen molar-refractivity contribution < 1.29 is 0 Å². The third-order valence-electron chi connectivity index (χ3n) is 5.21. The van der Waals surface area contributed by atoms with Crippen LogP contribution in [0.1, 0.15) is 50.3 Å². The zero-order valence-corrected chi connectivity index (χ0v) is 18.2. The number of benzene rings is 2. The van der Waals surface area contributed by atoms with E-state index in [-0.39, 0.29) is 6.04 Å². The molecule has 0 bridgehead atoms. The molecule has 2 aromatic carbocycles. The molecule has 0 saturated heterocycles. The van der Waals surface area contributed by atoms with E-state index in [1.807, 2.05) is 29.8 Å². The predicted molar refractivity (Wildman–Crippen MR) is 120 cm³/mol. The average Bonchev–Trinajstić information content (AvgIpc) is 3.43. The highest BCUT2D eigenvalue weighted by atomic mass is 15.5. The average molecular weight is 417 g/mol. The van der Waals surface area contributed by atoms with Gasteiger partial charge in [-0.25, -0.2) is 14.8 Å². The van der Waals surface area contributed by atoms with Crippen LogP contribution in [0, 0.1) is 0 Å². The first-order valence-electron chi connectivity index (χ1n) is 10.6. The van der Waals surface area contributed by atoms with Crippen LogP contribution in [0.2, 0.25) is 0 Å².